The molecule has 1 aromatic heterocycles. The summed E-state index contributed by atoms with van der Waals surface area (Å²) in [4.78, 5) is 9.09. The van der Waals surface area contributed by atoms with Crippen LogP contribution in [0.2, 0.25) is 0 Å². The van der Waals surface area contributed by atoms with E-state index in [1.807, 2.05) is 37.4 Å². The number of guanidine groups is 1. The van der Waals surface area contributed by atoms with Crippen LogP contribution in [0, 0.1) is 0 Å². The van der Waals surface area contributed by atoms with Crippen molar-refractivity contribution in [2.75, 3.05) is 39.8 Å². The van der Waals surface area contributed by atoms with Gasteiger partial charge >= 0.3 is 0 Å². The van der Waals surface area contributed by atoms with Crippen LogP contribution in [-0.2, 0) is 6.54 Å². The number of nitrogens with zero attached hydrogens (tertiary/aromatic N) is 4. The number of aliphatic imine (C=N–C) groups is 1. The minimum absolute atomic E-state index is 0.0221. The molecule has 146 valence electrons. The van der Waals surface area contributed by atoms with Gasteiger partial charge in [-0.2, -0.15) is 0 Å². The maximum absolute atomic E-state index is 6.00. The Bertz CT molecular complexity index is 729. The highest BCUT2D eigenvalue weighted by Gasteiger charge is 2.20. The van der Waals surface area contributed by atoms with E-state index < -0.39 is 0 Å². The lowest BCUT2D eigenvalue weighted by Gasteiger charge is -2.36. The molecule has 2 heterocycles. The number of rotatable bonds is 6. The lowest BCUT2D eigenvalue weighted by Crippen LogP contribution is -2.53. The van der Waals surface area contributed by atoms with Gasteiger partial charge in [-0.25, -0.2) is 0 Å². The van der Waals surface area contributed by atoms with Crippen LogP contribution in [0.15, 0.2) is 50.6 Å². The van der Waals surface area contributed by atoms with E-state index in [1.54, 1.807) is 6.26 Å². The van der Waals surface area contributed by atoms with Crippen LogP contribution in [0.5, 0.6) is 5.75 Å². The van der Waals surface area contributed by atoms with E-state index >= 15 is 0 Å². The summed E-state index contributed by atoms with van der Waals surface area (Å²) < 4.78 is 11.9. The lowest BCUT2D eigenvalue weighted by molar-refractivity contribution is 0.167. The minimum atomic E-state index is 0.0221. The van der Waals surface area contributed by atoms with E-state index in [0.29, 0.717) is 6.54 Å². The molecular weight excluding hydrogens is 410 g/mol. The molecule has 0 aliphatic carbocycles. The molecule has 1 aliphatic heterocycles. The summed E-state index contributed by atoms with van der Waals surface area (Å²) >= 11 is 3.52. The number of benzene rings is 1. The Hall–Kier alpha value is -2.06. The highest BCUT2D eigenvalue weighted by Crippen LogP contribution is 2.24. The first-order valence-electron chi connectivity index (χ1n) is 9.14. The molecular formula is C19H26BrN5O2. The zero-order chi connectivity index (χ0) is 19.1. The van der Waals surface area contributed by atoms with Gasteiger partial charge in [-0.1, -0.05) is 17.3 Å². The van der Waals surface area contributed by atoms with Crippen LogP contribution in [0.1, 0.15) is 12.6 Å². The van der Waals surface area contributed by atoms with Gasteiger partial charge in [0.25, 0.3) is 0 Å². The first-order chi connectivity index (χ1) is 13.2. The zero-order valence-corrected chi connectivity index (χ0v) is 17.4. The van der Waals surface area contributed by atoms with Crippen molar-refractivity contribution >= 4 is 21.9 Å². The molecule has 1 N–H and O–H groups in total. The number of aromatic nitrogens is 1. The molecule has 0 radical (unpaired) electrons. The molecule has 2 aromatic rings. The minimum Gasteiger partial charge on any atom is -0.488 e. The Kier molecular flexibility index (Phi) is 7.11. The molecule has 0 saturated carbocycles. The third-order valence-corrected chi connectivity index (χ3v) is 5.13. The van der Waals surface area contributed by atoms with E-state index in [1.165, 1.54) is 0 Å². The van der Waals surface area contributed by atoms with Gasteiger partial charge in [-0.05, 0) is 35.0 Å². The van der Waals surface area contributed by atoms with E-state index in [9.17, 15) is 0 Å². The molecule has 1 fully saturated rings. The fourth-order valence-corrected chi connectivity index (χ4v) is 3.41. The van der Waals surface area contributed by atoms with E-state index in [2.05, 4.69) is 48.1 Å². The monoisotopic (exact) mass is 435 g/mol. The summed E-state index contributed by atoms with van der Waals surface area (Å²) in [5.74, 6) is 1.77. The molecule has 0 bridgehead atoms. The molecule has 7 nitrogen and oxygen atoms in total. The molecule has 0 spiro atoms. The van der Waals surface area contributed by atoms with Crippen molar-refractivity contribution < 1.29 is 9.26 Å². The third kappa shape index (κ3) is 5.71. The van der Waals surface area contributed by atoms with Gasteiger partial charge in [0.2, 0.25) is 0 Å². The van der Waals surface area contributed by atoms with Crippen molar-refractivity contribution in [3.8, 4) is 5.75 Å². The van der Waals surface area contributed by atoms with Crippen LogP contribution >= 0.6 is 15.9 Å². The molecule has 27 heavy (non-hydrogen) atoms. The molecule has 0 amide bonds. The Balaban J connectivity index is 1.43. The second kappa shape index (κ2) is 9.75. The lowest BCUT2D eigenvalue weighted by atomic mass is 10.3. The summed E-state index contributed by atoms with van der Waals surface area (Å²) in [6.45, 7) is 7.36. The van der Waals surface area contributed by atoms with Crippen molar-refractivity contribution in [1.29, 1.82) is 0 Å². The van der Waals surface area contributed by atoms with E-state index in [-0.39, 0.29) is 6.10 Å². The first-order valence-corrected chi connectivity index (χ1v) is 9.93. The number of hydrogen-bond acceptors (Lipinski definition) is 5. The first kappa shape index (κ1) is 19.7. The topological polar surface area (TPSA) is 66.1 Å². The smallest absolute Gasteiger partial charge is 0.193 e. The number of halogens is 1. The number of hydrogen-bond donors (Lipinski definition) is 1. The van der Waals surface area contributed by atoms with Crippen LogP contribution in [0.3, 0.4) is 0 Å². The number of nitrogens with one attached hydrogen (secondary N) is 1. The average Bonchev–Trinajstić information content (AvgIpc) is 3.18. The van der Waals surface area contributed by atoms with E-state index in [4.69, 9.17) is 9.26 Å². The van der Waals surface area contributed by atoms with Gasteiger partial charge in [0.05, 0.1) is 16.7 Å². The standard InChI is InChI=1S/C19H26BrN5O2/c1-15(27-18-6-4-3-5-17(18)20)13-22-19(21-2)25-10-8-24(9-11-25)14-16-7-12-26-23-16/h3-7,12,15H,8-11,13-14H2,1-2H3,(H,21,22). The highest BCUT2D eigenvalue weighted by atomic mass is 79.9. The van der Waals surface area contributed by atoms with Crippen molar-refractivity contribution in [3.63, 3.8) is 0 Å². The van der Waals surface area contributed by atoms with Crippen molar-refractivity contribution in [3.05, 3.63) is 46.8 Å². The predicted octanol–water partition coefficient (Wildman–Crippen LogP) is 2.60. The highest BCUT2D eigenvalue weighted by molar-refractivity contribution is 9.10. The fraction of sp³-hybridized carbons (Fsp3) is 0.474. The Morgan fingerprint density at radius 3 is 2.74 bits per heavy atom. The van der Waals surface area contributed by atoms with Gasteiger partial charge in [-0.3, -0.25) is 9.89 Å². The normalized spacial score (nSPS) is 17.0. The number of para-hydroxylation sites is 1. The van der Waals surface area contributed by atoms with Gasteiger partial charge in [0.15, 0.2) is 5.96 Å². The van der Waals surface area contributed by atoms with Gasteiger partial charge < -0.3 is 19.5 Å². The van der Waals surface area contributed by atoms with Crippen molar-refractivity contribution in [2.24, 2.45) is 4.99 Å². The van der Waals surface area contributed by atoms with Gasteiger partial charge in [0, 0.05) is 45.8 Å². The predicted molar refractivity (Wildman–Crippen MR) is 109 cm³/mol. The van der Waals surface area contributed by atoms with Crippen LogP contribution in [0.4, 0.5) is 0 Å². The maximum Gasteiger partial charge on any atom is 0.193 e. The van der Waals surface area contributed by atoms with E-state index in [0.717, 1.165) is 54.6 Å². The summed E-state index contributed by atoms with van der Waals surface area (Å²) in [6.07, 6.45) is 1.64. The molecule has 1 unspecified atom stereocenters. The molecule has 1 saturated heterocycles. The molecule has 1 aromatic carbocycles. The number of piperazine rings is 1. The maximum atomic E-state index is 6.00. The largest absolute Gasteiger partial charge is 0.488 e. The van der Waals surface area contributed by atoms with Crippen LogP contribution in [0.25, 0.3) is 0 Å². The molecule has 8 heteroatoms. The quantitative estimate of drug-likeness (QED) is 0.555. The zero-order valence-electron chi connectivity index (χ0n) is 15.8. The number of ether oxygens (including phenoxy) is 1. The summed E-state index contributed by atoms with van der Waals surface area (Å²) in [7, 11) is 1.82. The summed E-state index contributed by atoms with van der Waals surface area (Å²) in [5, 5.41) is 7.42. The SMILES string of the molecule is CN=C(NCC(C)Oc1ccccc1Br)N1CCN(Cc2ccon2)CC1. The van der Waals surface area contributed by atoms with Crippen LogP contribution in [-0.4, -0.2) is 66.8 Å². The van der Waals surface area contributed by atoms with Crippen molar-refractivity contribution in [2.45, 2.75) is 19.6 Å². The average molecular weight is 436 g/mol. The molecule has 3 rings (SSSR count). The van der Waals surface area contributed by atoms with Gasteiger partial charge in [-0.15, -0.1) is 0 Å². The summed E-state index contributed by atoms with van der Waals surface area (Å²) in [6, 6.07) is 9.80. The van der Waals surface area contributed by atoms with Gasteiger partial charge in [0.1, 0.15) is 18.1 Å². The Morgan fingerprint density at radius 1 is 1.30 bits per heavy atom. The second-order valence-electron chi connectivity index (χ2n) is 6.54. The fourth-order valence-electron chi connectivity index (χ4n) is 3.03. The van der Waals surface area contributed by atoms with Crippen molar-refractivity contribution in [1.82, 2.24) is 20.3 Å². The summed E-state index contributed by atoms with van der Waals surface area (Å²) in [5.41, 5.74) is 0.976. The Morgan fingerprint density at radius 2 is 2.07 bits per heavy atom. The molecule has 1 aliphatic rings. The third-order valence-electron chi connectivity index (χ3n) is 4.47. The molecule has 1 atom stereocenters. The second-order valence-corrected chi connectivity index (χ2v) is 7.40. The van der Waals surface area contributed by atoms with Crippen LogP contribution < -0.4 is 10.1 Å². The Labute approximate surface area is 168 Å².